The van der Waals surface area contributed by atoms with E-state index in [2.05, 4.69) is 9.64 Å². The molecule has 2 aromatic carbocycles. The number of anilines is 1. The van der Waals surface area contributed by atoms with Gasteiger partial charge in [0.05, 0.1) is 5.56 Å². The van der Waals surface area contributed by atoms with E-state index in [0.717, 1.165) is 29.8 Å². The Morgan fingerprint density at radius 1 is 0.946 bits per heavy atom. The fourth-order valence-electron chi connectivity index (χ4n) is 4.44. The summed E-state index contributed by atoms with van der Waals surface area (Å²) in [5, 5.41) is 0. The molecule has 0 spiro atoms. The van der Waals surface area contributed by atoms with Gasteiger partial charge in [-0.3, -0.25) is 9.80 Å². The van der Waals surface area contributed by atoms with Crippen LogP contribution in [0.3, 0.4) is 0 Å². The van der Waals surface area contributed by atoms with Crippen LogP contribution >= 0.6 is 0 Å². The molecule has 0 aliphatic carbocycles. The average Bonchev–Trinajstić information content (AvgIpc) is 3.28. The van der Waals surface area contributed by atoms with Gasteiger partial charge in [0.2, 0.25) is 0 Å². The van der Waals surface area contributed by atoms with Crippen molar-refractivity contribution < 1.29 is 35.9 Å². The number of piperidine rings is 1. The number of nitrogens with zero attached hydrogens (tertiary/aromatic N) is 3. The van der Waals surface area contributed by atoms with Crippen molar-refractivity contribution in [1.82, 2.24) is 9.47 Å². The van der Waals surface area contributed by atoms with Gasteiger partial charge < -0.3 is 15.0 Å². The largest absolute Gasteiger partial charge is 0.573 e. The topological polar surface area (TPSA) is 63.7 Å². The lowest BCUT2D eigenvalue weighted by molar-refractivity contribution is -0.274. The number of alkyl halides is 6. The summed E-state index contributed by atoms with van der Waals surface area (Å²) in [6.45, 7) is 1.91. The van der Waals surface area contributed by atoms with Gasteiger partial charge in [-0.25, -0.2) is 4.79 Å². The second kappa shape index (κ2) is 10.4. The number of hydrogen-bond acceptors (Lipinski definition) is 3. The molecule has 3 aromatic rings. The molecule has 0 unspecified atom stereocenters. The average molecular weight is 526 g/mol. The minimum absolute atomic E-state index is 0.222. The molecule has 198 valence electrons. The van der Waals surface area contributed by atoms with E-state index in [1.54, 1.807) is 10.8 Å². The Balaban J connectivity index is 1.35. The maximum atomic E-state index is 12.8. The number of halogens is 6. The van der Waals surface area contributed by atoms with Crippen LogP contribution in [-0.2, 0) is 12.7 Å². The number of carbonyl (C=O) groups is 1. The quantitative estimate of drug-likeness (QED) is 0.404. The minimum atomic E-state index is -4.81. The summed E-state index contributed by atoms with van der Waals surface area (Å²) in [5.41, 5.74) is 6.85. The molecule has 6 nitrogen and oxygen atoms in total. The molecule has 1 saturated heterocycles. The number of amides is 2. The molecule has 12 heteroatoms. The highest BCUT2D eigenvalue weighted by Gasteiger charge is 2.32. The third kappa shape index (κ3) is 6.76. The standard InChI is InChI=1S/C25H24F6N4O2/c26-24(27,28)18-1-3-19(4-2-18)34-14-9-17(16-34)15-33-12-10-21(11-13-33)35(23(32)36)20-5-7-22(8-6-20)37-25(29,30)31/h1-9,14,16,21H,10-13,15H2,(H2,32,36). The lowest BCUT2D eigenvalue weighted by Gasteiger charge is -2.37. The van der Waals surface area contributed by atoms with Gasteiger partial charge >= 0.3 is 18.6 Å². The maximum absolute atomic E-state index is 12.8. The van der Waals surface area contributed by atoms with Crippen LogP contribution in [0.5, 0.6) is 5.75 Å². The molecular weight excluding hydrogens is 502 g/mol. The number of nitrogens with two attached hydrogens (primary N) is 1. The van der Waals surface area contributed by atoms with Crippen molar-refractivity contribution >= 4 is 11.7 Å². The lowest BCUT2D eigenvalue weighted by atomic mass is 10.0. The second-order valence-electron chi connectivity index (χ2n) is 8.73. The molecule has 37 heavy (non-hydrogen) atoms. The number of aromatic nitrogens is 1. The van der Waals surface area contributed by atoms with Crippen LogP contribution in [0.15, 0.2) is 67.0 Å². The third-order valence-electron chi connectivity index (χ3n) is 6.16. The highest BCUT2D eigenvalue weighted by atomic mass is 19.4. The van der Waals surface area contributed by atoms with Gasteiger partial charge in [-0.2, -0.15) is 13.2 Å². The predicted octanol–water partition coefficient (Wildman–Crippen LogP) is 5.94. The van der Waals surface area contributed by atoms with Crippen molar-refractivity contribution in [3.63, 3.8) is 0 Å². The van der Waals surface area contributed by atoms with Gasteiger partial charge in [-0.15, -0.1) is 13.2 Å². The molecule has 1 aliphatic heterocycles. The summed E-state index contributed by atoms with van der Waals surface area (Å²) in [6.07, 6.45) is -4.36. The Bertz CT molecular complexity index is 1200. The normalized spacial score (nSPS) is 15.5. The van der Waals surface area contributed by atoms with Crippen molar-refractivity contribution in [3.05, 3.63) is 78.1 Å². The second-order valence-corrected chi connectivity index (χ2v) is 8.73. The summed E-state index contributed by atoms with van der Waals surface area (Å²) >= 11 is 0. The van der Waals surface area contributed by atoms with Crippen LogP contribution in [0.1, 0.15) is 24.0 Å². The van der Waals surface area contributed by atoms with E-state index >= 15 is 0 Å². The first-order valence-corrected chi connectivity index (χ1v) is 11.4. The molecule has 1 aromatic heterocycles. The molecule has 1 fully saturated rings. The molecule has 2 N–H and O–H groups in total. The van der Waals surface area contributed by atoms with E-state index < -0.39 is 29.9 Å². The number of rotatable bonds is 6. The summed E-state index contributed by atoms with van der Waals surface area (Å²) in [4.78, 5) is 15.7. The van der Waals surface area contributed by atoms with Crippen LogP contribution in [0.2, 0.25) is 0 Å². The molecule has 1 aliphatic rings. The van der Waals surface area contributed by atoms with E-state index in [4.69, 9.17) is 5.73 Å². The van der Waals surface area contributed by atoms with Gasteiger partial charge in [-0.1, -0.05) is 0 Å². The van der Waals surface area contributed by atoms with Crippen LogP contribution in [0, 0.1) is 0 Å². The summed E-state index contributed by atoms with van der Waals surface area (Å²) in [6, 6.07) is 10.9. The highest BCUT2D eigenvalue weighted by molar-refractivity contribution is 5.91. The van der Waals surface area contributed by atoms with E-state index in [1.807, 2.05) is 12.3 Å². The fourth-order valence-corrected chi connectivity index (χ4v) is 4.44. The Hall–Kier alpha value is -3.67. The zero-order chi connectivity index (χ0) is 26.8. The molecule has 0 saturated carbocycles. The molecule has 4 rings (SSSR count). The molecule has 0 radical (unpaired) electrons. The van der Waals surface area contributed by atoms with Gasteiger partial charge in [0, 0.05) is 49.4 Å². The van der Waals surface area contributed by atoms with E-state index in [1.165, 1.54) is 29.2 Å². The number of primary amides is 1. The Kier molecular flexibility index (Phi) is 7.39. The zero-order valence-corrected chi connectivity index (χ0v) is 19.5. The molecule has 2 heterocycles. The van der Waals surface area contributed by atoms with Crippen LogP contribution < -0.4 is 15.4 Å². The summed E-state index contributed by atoms with van der Waals surface area (Å²) < 4.78 is 81.2. The minimum Gasteiger partial charge on any atom is -0.406 e. The number of likely N-dealkylation sites (tertiary alicyclic amines) is 1. The van der Waals surface area contributed by atoms with Gasteiger partial charge in [-0.05, 0) is 73.0 Å². The molecule has 0 bridgehead atoms. The predicted molar refractivity (Wildman–Crippen MR) is 124 cm³/mol. The molecular formula is C25H24F6N4O2. The van der Waals surface area contributed by atoms with Crippen LogP contribution in [0.4, 0.5) is 36.8 Å². The third-order valence-corrected chi connectivity index (χ3v) is 6.16. The van der Waals surface area contributed by atoms with Gasteiger partial charge in [0.25, 0.3) is 0 Å². The Labute approximate surface area is 208 Å². The Morgan fingerprint density at radius 3 is 2.11 bits per heavy atom. The van der Waals surface area contributed by atoms with Crippen molar-refractivity contribution in [2.45, 2.75) is 38.0 Å². The van der Waals surface area contributed by atoms with E-state index in [9.17, 15) is 31.1 Å². The monoisotopic (exact) mass is 526 g/mol. The van der Waals surface area contributed by atoms with Crippen molar-refractivity contribution in [1.29, 1.82) is 0 Å². The number of urea groups is 1. The SMILES string of the molecule is NC(=O)N(c1ccc(OC(F)(F)F)cc1)C1CCN(Cc2ccn(-c3ccc(C(F)(F)F)cc3)c2)CC1. The highest BCUT2D eigenvalue weighted by Crippen LogP contribution is 2.31. The smallest absolute Gasteiger partial charge is 0.406 e. The first kappa shape index (κ1) is 26.4. The van der Waals surface area contributed by atoms with Crippen molar-refractivity contribution in [2.24, 2.45) is 5.73 Å². The zero-order valence-electron chi connectivity index (χ0n) is 19.5. The van der Waals surface area contributed by atoms with Crippen LogP contribution in [-0.4, -0.2) is 41.0 Å². The first-order chi connectivity index (χ1) is 17.4. The van der Waals surface area contributed by atoms with E-state index in [0.29, 0.717) is 43.9 Å². The number of hydrogen-bond donors (Lipinski definition) is 1. The van der Waals surface area contributed by atoms with Gasteiger partial charge in [0.1, 0.15) is 5.75 Å². The summed E-state index contributed by atoms with van der Waals surface area (Å²) in [5.74, 6) is -0.390. The lowest BCUT2D eigenvalue weighted by Crippen LogP contribution is -2.49. The fraction of sp³-hybridized carbons (Fsp3) is 0.320. The molecule has 0 atom stereocenters. The van der Waals surface area contributed by atoms with E-state index in [-0.39, 0.29) is 6.04 Å². The maximum Gasteiger partial charge on any atom is 0.573 e. The van der Waals surface area contributed by atoms with Gasteiger partial charge in [0.15, 0.2) is 0 Å². The number of benzene rings is 2. The first-order valence-electron chi connectivity index (χ1n) is 11.4. The van der Waals surface area contributed by atoms with Crippen molar-refractivity contribution in [3.8, 4) is 11.4 Å². The molecule has 2 amide bonds. The van der Waals surface area contributed by atoms with Crippen molar-refractivity contribution in [2.75, 3.05) is 18.0 Å². The number of carbonyl (C=O) groups excluding carboxylic acids is 1. The van der Waals surface area contributed by atoms with Crippen LogP contribution in [0.25, 0.3) is 5.69 Å². The number of ether oxygens (including phenoxy) is 1. The summed E-state index contributed by atoms with van der Waals surface area (Å²) in [7, 11) is 0. The Morgan fingerprint density at radius 2 is 1.57 bits per heavy atom.